The summed E-state index contributed by atoms with van der Waals surface area (Å²) in [6.45, 7) is 5.91. The summed E-state index contributed by atoms with van der Waals surface area (Å²) in [4.78, 5) is 5.12. The number of rotatable bonds is 3. The molecule has 3 fully saturated rings. The van der Waals surface area contributed by atoms with Crippen LogP contribution in [0.1, 0.15) is 45.4 Å². The van der Waals surface area contributed by atoms with Gasteiger partial charge in [0.25, 0.3) is 0 Å². The lowest BCUT2D eigenvalue weighted by Gasteiger charge is -2.34. The Kier molecular flexibility index (Phi) is 4.03. The lowest BCUT2D eigenvalue weighted by molar-refractivity contribution is 0.140. The standard InChI is InChI=1S/C16H28N4/c1-13-11-19(2)8-3-9-20(13)15-6-7-16(10-15,12-17)18-14-4-5-14/h13-15,18H,3-11H2,1-2H3. The molecular formula is C16H28N4. The van der Waals surface area contributed by atoms with Gasteiger partial charge >= 0.3 is 0 Å². The van der Waals surface area contributed by atoms with Gasteiger partial charge in [-0.25, -0.2) is 0 Å². The minimum Gasteiger partial charge on any atom is -0.305 e. The second kappa shape index (κ2) is 5.63. The SMILES string of the molecule is CC1CN(C)CCCN1C1CCC(C#N)(NC2CC2)C1. The van der Waals surface area contributed by atoms with E-state index < -0.39 is 0 Å². The van der Waals surface area contributed by atoms with Crippen LogP contribution in [0.25, 0.3) is 0 Å². The van der Waals surface area contributed by atoms with Crippen molar-refractivity contribution >= 4 is 0 Å². The Morgan fingerprint density at radius 2 is 2.05 bits per heavy atom. The molecule has 4 nitrogen and oxygen atoms in total. The van der Waals surface area contributed by atoms with Gasteiger partial charge in [0.15, 0.2) is 0 Å². The van der Waals surface area contributed by atoms with Gasteiger partial charge in [-0.3, -0.25) is 10.2 Å². The lowest BCUT2D eigenvalue weighted by atomic mass is 9.98. The molecule has 0 spiro atoms. The molecule has 1 aliphatic heterocycles. The maximum absolute atomic E-state index is 9.63. The smallest absolute Gasteiger partial charge is 0.108 e. The van der Waals surface area contributed by atoms with Crippen LogP contribution in [0.2, 0.25) is 0 Å². The van der Waals surface area contributed by atoms with Crippen molar-refractivity contribution < 1.29 is 0 Å². The number of nitrogens with one attached hydrogen (secondary N) is 1. The van der Waals surface area contributed by atoms with Crippen molar-refractivity contribution in [2.75, 3.05) is 26.7 Å². The van der Waals surface area contributed by atoms with Gasteiger partial charge in [0.2, 0.25) is 0 Å². The fourth-order valence-electron chi connectivity index (χ4n) is 4.12. The molecule has 0 bridgehead atoms. The average Bonchev–Trinajstić information content (AvgIpc) is 3.15. The quantitative estimate of drug-likeness (QED) is 0.850. The summed E-state index contributed by atoms with van der Waals surface area (Å²) >= 11 is 0. The summed E-state index contributed by atoms with van der Waals surface area (Å²) < 4.78 is 0. The van der Waals surface area contributed by atoms with E-state index in [2.05, 4.69) is 35.2 Å². The van der Waals surface area contributed by atoms with Crippen molar-refractivity contribution in [1.29, 1.82) is 5.26 Å². The van der Waals surface area contributed by atoms with Crippen molar-refractivity contribution in [3.63, 3.8) is 0 Å². The maximum atomic E-state index is 9.63. The average molecular weight is 276 g/mol. The topological polar surface area (TPSA) is 42.3 Å². The first-order valence-corrected chi connectivity index (χ1v) is 8.25. The molecule has 3 unspecified atom stereocenters. The first-order chi connectivity index (χ1) is 9.62. The van der Waals surface area contributed by atoms with E-state index in [9.17, 15) is 5.26 Å². The first kappa shape index (κ1) is 14.3. The normalized spacial score (nSPS) is 40.5. The highest BCUT2D eigenvalue weighted by molar-refractivity contribution is 5.15. The Morgan fingerprint density at radius 3 is 2.75 bits per heavy atom. The van der Waals surface area contributed by atoms with Gasteiger partial charge in [-0.2, -0.15) is 5.26 Å². The van der Waals surface area contributed by atoms with E-state index in [0.29, 0.717) is 18.1 Å². The predicted molar refractivity (Wildman–Crippen MR) is 80.4 cm³/mol. The zero-order valence-electron chi connectivity index (χ0n) is 12.9. The Balaban J connectivity index is 1.64. The van der Waals surface area contributed by atoms with E-state index in [0.717, 1.165) is 19.4 Å². The van der Waals surface area contributed by atoms with E-state index >= 15 is 0 Å². The molecule has 2 aliphatic carbocycles. The number of nitriles is 1. The van der Waals surface area contributed by atoms with Crippen LogP contribution in [-0.4, -0.2) is 60.1 Å². The summed E-state index contributed by atoms with van der Waals surface area (Å²) in [7, 11) is 2.23. The molecule has 3 atom stereocenters. The number of hydrogen-bond acceptors (Lipinski definition) is 4. The van der Waals surface area contributed by atoms with E-state index in [1.54, 1.807) is 0 Å². The van der Waals surface area contributed by atoms with Gasteiger partial charge in [-0.05, 0) is 65.6 Å². The van der Waals surface area contributed by atoms with Crippen molar-refractivity contribution in [2.24, 2.45) is 0 Å². The lowest BCUT2D eigenvalue weighted by Crippen LogP contribution is -2.47. The number of hydrogen-bond donors (Lipinski definition) is 1. The molecule has 3 rings (SSSR count). The third-order valence-electron chi connectivity index (χ3n) is 5.33. The molecule has 0 aromatic carbocycles. The van der Waals surface area contributed by atoms with E-state index in [4.69, 9.17) is 0 Å². The first-order valence-electron chi connectivity index (χ1n) is 8.25. The van der Waals surface area contributed by atoms with Crippen LogP contribution < -0.4 is 5.32 Å². The van der Waals surface area contributed by atoms with Crippen LogP contribution in [0, 0.1) is 11.3 Å². The van der Waals surface area contributed by atoms with Crippen LogP contribution in [0.3, 0.4) is 0 Å². The molecule has 4 heteroatoms. The van der Waals surface area contributed by atoms with Crippen LogP contribution in [-0.2, 0) is 0 Å². The van der Waals surface area contributed by atoms with Crippen LogP contribution >= 0.6 is 0 Å². The molecule has 112 valence electrons. The summed E-state index contributed by atoms with van der Waals surface area (Å²) in [5, 5.41) is 13.3. The van der Waals surface area contributed by atoms with Gasteiger partial charge in [-0.1, -0.05) is 0 Å². The minimum atomic E-state index is -0.232. The third kappa shape index (κ3) is 3.00. The number of likely N-dealkylation sites (N-methyl/N-ethyl adjacent to an activating group) is 1. The largest absolute Gasteiger partial charge is 0.305 e. The molecule has 20 heavy (non-hydrogen) atoms. The van der Waals surface area contributed by atoms with Crippen molar-refractivity contribution in [2.45, 2.75) is 69.1 Å². The van der Waals surface area contributed by atoms with E-state index in [1.807, 2.05) is 0 Å². The monoisotopic (exact) mass is 276 g/mol. The van der Waals surface area contributed by atoms with Gasteiger partial charge < -0.3 is 4.90 Å². The van der Waals surface area contributed by atoms with Crippen molar-refractivity contribution in [1.82, 2.24) is 15.1 Å². The number of nitrogens with zero attached hydrogens (tertiary/aromatic N) is 3. The molecule has 0 aromatic rings. The van der Waals surface area contributed by atoms with Crippen LogP contribution in [0.5, 0.6) is 0 Å². The second-order valence-electron chi connectivity index (χ2n) is 7.21. The fourth-order valence-corrected chi connectivity index (χ4v) is 4.12. The molecule has 1 N–H and O–H groups in total. The second-order valence-corrected chi connectivity index (χ2v) is 7.21. The molecule has 2 saturated carbocycles. The summed E-state index contributed by atoms with van der Waals surface area (Å²) in [6.07, 6.45) is 7.02. The Bertz CT molecular complexity index is 386. The molecule has 0 aromatic heterocycles. The van der Waals surface area contributed by atoms with Gasteiger partial charge in [0.1, 0.15) is 5.54 Å². The van der Waals surface area contributed by atoms with Gasteiger partial charge in [-0.15, -0.1) is 0 Å². The Labute approximate surface area is 123 Å². The third-order valence-corrected chi connectivity index (χ3v) is 5.33. The highest BCUT2D eigenvalue weighted by atomic mass is 15.3. The van der Waals surface area contributed by atoms with Crippen molar-refractivity contribution in [3.05, 3.63) is 0 Å². The Morgan fingerprint density at radius 1 is 1.25 bits per heavy atom. The van der Waals surface area contributed by atoms with Crippen LogP contribution in [0.4, 0.5) is 0 Å². The van der Waals surface area contributed by atoms with Gasteiger partial charge in [0, 0.05) is 24.7 Å². The highest BCUT2D eigenvalue weighted by Gasteiger charge is 2.45. The van der Waals surface area contributed by atoms with E-state index in [-0.39, 0.29) is 5.54 Å². The van der Waals surface area contributed by atoms with Crippen molar-refractivity contribution in [3.8, 4) is 6.07 Å². The van der Waals surface area contributed by atoms with Gasteiger partial charge in [0.05, 0.1) is 6.07 Å². The summed E-state index contributed by atoms with van der Waals surface area (Å²) in [5.41, 5.74) is -0.232. The minimum absolute atomic E-state index is 0.232. The van der Waals surface area contributed by atoms with E-state index in [1.165, 1.54) is 38.8 Å². The molecule has 1 heterocycles. The Hall–Kier alpha value is -0.630. The zero-order chi connectivity index (χ0) is 14.2. The maximum Gasteiger partial charge on any atom is 0.108 e. The fraction of sp³-hybridized carbons (Fsp3) is 0.938. The summed E-state index contributed by atoms with van der Waals surface area (Å²) in [6, 6.07) is 4.45. The molecule has 1 saturated heterocycles. The molecule has 3 aliphatic rings. The predicted octanol–water partition coefficient (Wildman–Crippen LogP) is 1.58. The molecular weight excluding hydrogens is 248 g/mol. The molecule has 0 radical (unpaired) electrons. The van der Waals surface area contributed by atoms with Crippen LogP contribution in [0.15, 0.2) is 0 Å². The zero-order valence-corrected chi connectivity index (χ0v) is 12.9. The molecule has 0 amide bonds. The summed E-state index contributed by atoms with van der Waals surface area (Å²) in [5.74, 6) is 0. The highest BCUT2D eigenvalue weighted by Crippen LogP contribution is 2.37.